The number of thioether (sulfide) groups is 1. The normalized spacial score (nSPS) is 44.0. The van der Waals surface area contributed by atoms with Crippen LogP contribution >= 0.6 is 23.4 Å². The number of hydrogen-bond donors (Lipinski definition) is 5. The zero-order valence-corrected chi connectivity index (χ0v) is 24.9. The summed E-state index contributed by atoms with van der Waals surface area (Å²) in [6, 6.07) is -0.681. The molecule has 0 radical (unpaired) electrons. The molecule has 5 saturated heterocycles. The molecule has 0 saturated carbocycles. The van der Waals surface area contributed by atoms with Crippen LogP contribution in [0.5, 0.6) is 0 Å². The minimum absolute atomic E-state index is 0.00129. The van der Waals surface area contributed by atoms with Crippen molar-refractivity contribution in [2.24, 2.45) is 23.7 Å². The maximum absolute atomic E-state index is 13.7. The fraction of sp³-hybridized carbons (Fsp3) is 0.923. The first-order chi connectivity index (χ1) is 19.2. The van der Waals surface area contributed by atoms with Gasteiger partial charge in [-0.1, -0.05) is 0 Å². The van der Waals surface area contributed by atoms with Gasteiger partial charge in [0.15, 0.2) is 0 Å². The molecule has 0 aliphatic carbocycles. The highest BCUT2D eigenvalue weighted by atomic mass is 35.5. The number of halogens is 3. The van der Waals surface area contributed by atoms with Crippen molar-refractivity contribution in [3.8, 4) is 0 Å². The van der Waals surface area contributed by atoms with E-state index in [4.69, 9.17) is 21.1 Å². The molecule has 5 N–H and O–H groups in total. The Morgan fingerprint density at radius 2 is 1.85 bits per heavy atom. The zero-order chi connectivity index (χ0) is 28.6. The lowest BCUT2D eigenvalue weighted by molar-refractivity contribution is -0.140. The second-order valence-electron chi connectivity index (χ2n) is 11.9. The molecule has 5 rings (SSSR count). The molecule has 14 heteroatoms. The van der Waals surface area contributed by atoms with Crippen molar-refractivity contribution >= 4 is 35.2 Å². The minimum Gasteiger partial charge on any atom is -0.380 e. The number of nitrogens with one attached hydrogen (secondary N) is 5. The van der Waals surface area contributed by atoms with Gasteiger partial charge >= 0.3 is 0 Å². The van der Waals surface area contributed by atoms with E-state index in [-0.39, 0.29) is 64.4 Å². The molecule has 40 heavy (non-hydrogen) atoms. The van der Waals surface area contributed by atoms with E-state index in [2.05, 4.69) is 33.5 Å². The molecule has 0 aromatic carbocycles. The maximum Gasteiger partial charge on any atom is 0.243 e. The predicted molar refractivity (Wildman–Crippen MR) is 149 cm³/mol. The summed E-state index contributed by atoms with van der Waals surface area (Å²) in [6.45, 7) is 4.28. The Morgan fingerprint density at radius 1 is 1.05 bits per heavy atom. The summed E-state index contributed by atoms with van der Waals surface area (Å²) in [6.07, 6.45) is -0.660. The van der Waals surface area contributed by atoms with Gasteiger partial charge in [-0.15, -0.1) is 23.4 Å². The number of rotatable bonds is 7. The lowest BCUT2D eigenvalue weighted by atomic mass is 9.70. The summed E-state index contributed by atoms with van der Waals surface area (Å²) in [5, 5.41) is 16.5. The van der Waals surface area contributed by atoms with Crippen molar-refractivity contribution in [3.63, 3.8) is 0 Å². The van der Waals surface area contributed by atoms with Gasteiger partial charge < -0.3 is 25.0 Å². The van der Waals surface area contributed by atoms with Crippen LogP contribution in [0.25, 0.3) is 0 Å². The van der Waals surface area contributed by atoms with E-state index in [0.717, 1.165) is 12.8 Å². The highest BCUT2D eigenvalue weighted by Gasteiger charge is 2.49. The van der Waals surface area contributed by atoms with Crippen molar-refractivity contribution in [1.82, 2.24) is 31.5 Å². The Hall–Kier alpha value is -0.800. The van der Waals surface area contributed by atoms with Crippen molar-refractivity contribution in [2.45, 2.75) is 85.7 Å². The third kappa shape index (κ3) is 6.56. The second kappa shape index (κ2) is 13.2. The summed E-state index contributed by atoms with van der Waals surface area (Å²) in [5.74, 6) is -1.22. The highest BCUT2D eigenvalue weighted by Crippen LogP contribution is 2.39. The number of carbonyl (C=O) groups excluding carboxylic acids is 2. The molecule has 0 spiro atoms. The van der Waals surface area contributed by atoms with E-state index in [1.54, 1.807) is 23.8 Å². The Morgan fingerprint density at radius 3 is 2.55 bits per heavy atom. The molecule has 0 aromatic rings. The van der Waals surface area contributed by atoms with Crippen molar-refractivity contribution in [1.29, 1.82) is 0 Å². The number of fused-ring (bicyclic) bond motifs is 1. The first kappa shape index (κ1) is 30.7. The minimum atomic E-state index is -2.58. The number of alkyl halides is 3. The first-order valence-corrected chi connectivity index (χ1v) is 15.8. The lowest BCUT2D eigenvalue weighted by Gasteiger charge is -2.45. The Bertz CT molecular complexity index is 899. The predicted octanol–water partition coefficient (Wildman–Crippen LogP) is 0.711. The molecule has 5 heterocycles. The Labute approximate surface area is 244 Å². The number of amides is 2. The monoisotopic (exact) mass is 608 g/mol. The molecular formula is C26H43ClF2N6O4S. The van der Waals surface area contributed by atoms with Crippen LogP contribution in [0.15, 0.2) is 0 Å². The molecule has 12 atom stereocenters. The fourth-order valence-electron chi connectivity index (χ4n) is 7.27. The number of nitrogens with zero attached hydrogens (tertiary/aromatic N) is 1. The molecule has 5 aliphatic heterocycles. The maximum atomic E-state index is 13.7. The van der Waals surface area contributed by atoms with Crippen LogP contribution in [0.1, 0.15) is 32.6 Å². The van der Waals surface area contributed by atoms with Crippen molar-refractivity contribution in [2.75, 3.05) is 40.4 Å². The summed E-state index contributed by atoms with van der Waals surface area (Å²) in [7, 11) is 3.23. The van der Waals surface area contributed by atoms with Gasteiger partial charge in [-0.05, 0) is 44.4 Å². The Balaban J connectivity index is 1.17. The molecule has 12 unspecified atom stereocenters. The SMILES string of the molecule is COC1CCC(C(F)F)C(C(=O)N2CC3NC(NC(=O)C4CNC(C)CC4C4CC(Cl)NCC4OC)SC3C2)N1. The number of likely N-dealkylation sites (tertiary alicyclic amines) is 1. The van der Waals surface area contributed by atoms with Gasteiger partial charge in [-0.3, -0.25) is 25.5 Å². The van der Waals surface area contributed by atoms with Gasteiger partial charge in [-0.2, -0.15) is 0 Å². The summed E-state index contributed by atoms with van der Waals surface area (Å²) >= 11 is 8.05. The molecule has 0 aromatic heterocycles. The van der Waals surface area contributed by atoms with Crippen LogP contribution in [-0.4, -0.2) is 110 Å². The molecular weight excluding hydrogens is 566 g/mol. The molecule has 2 amide bonds. The van der Waals surface area contributed by atoms with Crippen molar-refractivity contribution < 1.29 is 27.8 Å². The highest BCUT2D eigenvalue weighted by molar-refractivity contribution is 8.00. The Kier molecular flexibility index (Phi) is 10.1. The van der Waals surface area contributed by atoms with E-state index in [1.807, 2.05) is 0 Å². The fourth-order valence-corrected chi connectivity index (χ4v) is 8.97. The standard InChI is InChI=1S/C26H43ClF2N6O4S/c1-12-6-14(15-7-20(27)31-9-18(15)38-2)16(8-30-12)24(36)34-26-32-17-10-35(11-19(17)40-26)25(37)22-13(23(28)29)4-5-21(33-22)39-3/h12-23,26,30-33H,4-11H2,1-3H3,(H,34,36). The van der Waals surface area contributed by atoms with E-state index in [9.17, 15) is 18.4 Å². The third-order valence-corrected chi connectivity index (χ3v) is 11.2. The summed E-state index contributed by atoms with van der Waals surface area (Å²) in [4.78, 5) is 28.6. The number of hydrogen-bond acceptors (Lipinski definition) is 9. The number of ether oxygens (including phenoxy) is 2. The van der Waals surface area contributed by atoms with Gasteiger partial charge in [-0.25, -0.2) is 8.78 Å². The van der Waals surface area contributed by atoms with Gasteiger partial charge in [0.1, 0.15) is 11.7 Å². The topological polar surface area (TPSA) is 116 Å². The first-order valence-electron chi connectivity index (χ1n) is 14.4. The van der Waals surface area contributed by atoms with Crippen LogP contribution in [0.2, 0.25) is 0 Å². The second-order valence-corrected chi connectivity index (χ2v) is 13.8. The van der Waals surface area contributed by atoms with E-state index >= 15 is 0 Å². The van der Waals surface area contributed by atoms with Gasteiger partial charge in [0.25, 0.3) is 0 Å². The molecule has 5 fully saturated rings. The van der Waals surface area contributed by atoms with Crippen molar-refractivity contribution in [3.05, 3.63) is 0 Å². The average Bonchev–Trinajstić information content (AvgIpc) is 3.51. The van der Waals surface area contributed by atoms with Crippen LogP contribution in [0.4, 0.5) is 8.78 Å². The van der Waals surface area contributed by atoms with Gasteiger partial charge in [0.05, 0.1) is 23.6 Å². The van der Waals surface area contributed by atoms with Crippen LogP contribution < -0.4 is 26.6 Å². The molecule has 5 aliphatic rings. The smallest absolute Gasteiger partial charge is 0.243 e. The molecule has 0 bridgehead atoms. The largest absolute Gasteiger partial charge is 0.380 e. The lowest BCUT2D eigenvalue weighted by Crippen LogP contribution is -2.58. The summed E-state index contributed by atoms with van der Waals surface area (Å²) < 4.78 is 38.5. The van der Waals surface area contributed by atoms with Crippen LogP contribution in [0, 0.1) is 23.7 Å². The van der Waals surface area contributed by atoms with Crippen LogP contribution in [-0.2, 0) is 19.1 Å². The number of methoxy groups -OCH3 is 2. The van der Waals surface area contributed by atoms with Gasteiger partial charge in [0, 0.05) is 63.7 Å². The molecule has 10 nitrogen and oxygen atoms in total. The van der Waals surface area contributed by atoms with E-state index in [1.165, 1.54) is 7.11 Å². The number of carbonyl (C=O) groups is 2. The van der Waals surface area contributed by atoms with E-state index < -0.39 is 24.6 Å². The third-order valence-electron chi connectivity index (χ3n) is 9.47. The van der Waals surface area contributed by atoms with Crippen LogP contribution in [0.3, 0.4) is 0 Å². The quantitative estimate of drug-likeness (QED) is 0.211. The average molecular weight is 609 g/mol. The number of piperidine rings is 3. The summed E-state index contributed by atoms with van der Waals surface area (Å²) in [5.41, 5.74) is -0.409. The molecule has 228 valence electrons. The van der Waals surface area contributed by atoms with Gasteiger partial charge in [0.2, 0.25) is 18.2 Å². The zero-order valence-electron chi connectivity index (χ0n) is 23.3. The van der Waals surface area contributed by atoms with E-state index in [0.29, 0.717) is 38.6 Å².